The molecule has 2 aromatic rings. The fourth-order valence-corrected chi connectivity index (χ4v) is 1.42. The molecule has 6 heteroatoms. The lowest BCUT2D eigenvalue weighted by Gasteiger charge is -2.06. The maximum Gasteiger partial charge on any atom is 0.218 e. The monoisotopic (exact) mass is 263 g/mol. The predicted molar refractivity (Wildman–Crippen MR) is 62.5 cm³/mol. The number of benzene rings is 1. The zero-order valence-corrected chi connectivity index (χ0v) is 9.86. The Labute approximate surface area is 108 Å². The van der Waals surface area contributed by atoms with Gasteiger partial charge >= 0.3 is 0 Å². The number of hydrogen-bond acceptors (Lipinski definition) is 4. The summed E-state index contributed by atoms with van der Waals surface area (Å²) in [4.78, 5) is 7.52. The zero-order chi connectivity index (χ0) is 13.0. The molecule has 0 spiro atoms. The molecule has 0 amide bonds. The molecule has 0 aliphatic heterocycles. The van der Waals surface area contributed by atoms with Crippen molar-refractivity contribution in [2.75, 3.05) is 0 Å². The van der Waals surface area contributed by atoms with Gasteiger partial charge in [0.15, 0.2) is 0 Å². The molecule has 4 nitrogen and oxygen atoms in total. The molecule has 0 fully saturated rings. The number of aromatic nitrogens is 2. The van der Waals surface area contributed by atoms with Crippen LogP contribution in [0.4, 0.5) is 4.39 Å². The fourth-order valence-electron chi connectivity index (χ4n) is 1.28. The highest BCUT2D eigenvalue weighted by molar-refractivity contribution is 6.29. The van der Waals surface area contributed by atoms with E-state index in [-0.39, 0.29) is 23.2 Å². The van der Waals surface area contributed by atoms with Gasteiger partial charge in [0.1, 0.15) is 23.9 Å². The third-order valence-electron chi connectivity index (χ3n) is 2.17. The van der Waals surface area contributed by atoms with Crippen LogP contribution in [-0.4, -0.2) is 9.97 Å². The first-order valence-electron chi connectivity index (χ1n) is 4.98. The van der Waals surface area contributed by atoms with E-state index < -0.39 is 5.82 Å². The summed E-state index contributed by atoms with van der Waals surface area (Å²) in [6.45, 7) is 0.00485. The van der Waals surface area contributed by atoms with E-state index in [9.17, 15) is 4.39 Å². The van der Waals surface area contributed by atoms with Crippen molar-refractivity contribution in [1.29, 1.82) is 5.26 Å². The van der Waals surface area contributed by atoms with E-state index in [1.54, 1.807) is 0 Å². The van der Waals surface area contributed by atoms with Crippen LogP contribution >= 0.6 is 11.6 Å². The van der Waals surface area contributed by atoms with E-state index in [2.05, 4.69) is 9.97 Å². The summed E-state index contributed by atoms with van der Waals surface area (Å²) in [6, 6.07) is 7.47. The minimum absolute atomic E-state index is 0.00485. The summed E-state index contributed by atoms with van der Waals surface area (Å²) in [5.41, 5.74) is 0.602. The second-order valence-electron chi connectivity index (χ2n) is 3.39. The van der Waals surface area contributed by atoms with Crippen molar-refractivity contribution in [2.24, 2.45) is 0 Å². The zero-order valence-electron chi connectivity index (χ0n) is 9.10. The van der Waals surface area contributed by atoms with Crippen LogP contribution in [0.5, 0.6) is 5.88 Å². The molecule has 90 valence electrons. The van der Waals surface area contributed by atoms with Crippen molar-refractivity contribution in [1.82, 2.24) is 9.97 Å². The van der Waals surface area contributed by atoms with Crippen LogP contribution in [0.3, 0.4) is 0 Å². The molecule has 0 saturated heterocycles. The second kappa shape index (κ2) is 5.43. The molecule has 1 aromatic heterocycles. The summed E-state index contributed by atoms with van der Waals surface area (Å²) in [6.07, 6.45) is 1.26. The number of nitrogens with zero attached hydrogens (tertiary/aromatic N) is 3. The first-order chi connectivity index (χ1) is 8.69. The number of rotatable bonds is 3. The van der Waals surface area contributed by atoms with Gasteiger partial charge in [-0.05, 0) is 12.1 Å². The number of nitriles is 1. The Morgan fingerprint density at radius 1 is 1.33 bits per heavy atom. The SMILES string of the molecule is N#Cc1ccc(COc2cc(Cl)ncn2)c(F)c1. The van der Waals surface area contributed by atoms with Crippen LogP contribution in [-0.2, 0) is 6.61 Å². The Balaban J connectivity index is 2.09. The molecule has 1 aromatic carbocycles. The molecule has 2 rings (SSSR count). The van der Waals surface area contributed by atoms with Gasteiger partial charge in [-0.3, -0.25) is 0 Å². The molecule has 0 N–H and O–H groups in total. The molecule has 0 aliphatic rings. The maximum absolute atomic E-state index is 13.5. The molecule has 0 atom stereocenters. The van der Waals surface area contributed by atoms with E-state index in [1.807, 2.05) is 6.07 Å². The Morgan fingerprint density at radius 2 is 2.17 bits per heavy atom. The number of hydrogen-bond donors (Lipinski definition) is 0. The minimum Gasteiger partial charge on any atom is -0.473 e. The van der Waals surface area contributed by atoms with Crippen molar-refractivity contribution in [3.05, 3.63) is 52.7 Å². The Bertz CT molecular complexity index is 613. The maximum atomic E-state index is 13.5. The highest BCUT2D eigenvalue weighted by atomic mass is 35.5. The van der Waals surface area contributed by atoms with Gasteiger partial charge in [0.25, 0.3) is 0 Å². The van der Waals surface area contributed by atoms with Gasteiger partial charge in [-0.2, -0.15) is 5.26 Å². The minimum atomic E-state index is -0.491. The van der Waals surface area contributed by atoms with Crippen LogP contribution in [0.2, 0.25) is 5.15 Å². The first kappa shape index (κ1) is 12.3. The topological polar surface area (TPSA) is 58.8 Å². The van der Waals surface area contributed by atoms with E-state index in [0.717, 1.165) is 6.07 Å². The Kier molecular flexibility index (Phi) is 3.70. The van der Waals surface area contributed by atoms with Gasteiger partial charge in [0.05, 0.1) is 11.6 Å². The van der Waals surface area contributed by atoms with Crippen LogP contribution in [0.1, 0.15) is 11.1 Å². The highest BCUT2D eigenvalue weighted by Crippen LogP contribution is 2.15. The molecule has 0 saturated carbocycles. The summed E-state index contributed by atoms with van der Waals surface area (Å²) < 4.78 is 18.8. The molecular formula is C12H7ClFN3O. The summed E-state index contributed by atoms with van der Waals surface area (Å²) in [5.74, 6) is -0.229. The summed E-state index contributed by atoms with van der Waals surface area (Å²) in [5, 5.41) is 8.86. The predicted octanol–water partition coefficient (Wildman–Crippen LogP) is 2.72. The van der Waals surface area contributed by atoms with Crippen LogP contribution in [0.15, 0.2) is 30.6 Å². The van der Waals surface area contributed by atoms with Crippen molar-refractivity contribution in [3.8, 4) is 11.9 Å². The smallest absolute Gasteiger partial charge is 0.218 e. The lowest BCUT2D eigenvalue weighted by Crippen LogP contribution is -2.00. The third-order valence-corrected chi connectivity index (χ3v) is 2.37. The van der Waals surface area contributed by atoms with E-state index in [1.165, 1.54) is 24.5 Å². The van der Waals surface area contributed by atoms with Crippen LogP contribution in [0.25, 0.3) is 0 Å². The van der Waals surface area contributed by atoms with Gasteiger partial charge in [0.2, 0.25) is 5.88 Å². The largest absolute Gasteiger partial charge is 0.473 e. The fraction of sp³-hybridized carbons (Fsp3) is 0.0833. The number of halogens is 2. The third kappa shape index (κ3) is 2.93. The molecule has 0 aliphatic carbocycles. The Hall–Kier alpha value is -2.19. The van der Waals surface area contributed by atoms with E-state index in [4.69, 9.17) is 21.6 Å². The van der Waals surface area contributed by atoms with Crippen molar-refractivity contribution >= 4 is 11.6 Å². The molecule has 18 heavy (non-hydrogen) atoms. The van der Waals surface area contributed by atoms with Crippen LogP contribution in [0, 0.1) is 17.1 Å². The van der Waals surface area contributed by atoms with Gasteiger partial charge in [-0.1, -0.05) is 17.7 Å². The quantitative estimate of drug-likeness (QED) is 0.799. The highest BCUT2D eigenvalue weighted by Gasteiger charge is 2.05. The van der Waals surface area contributed by atoms with Crippen LogP contribution < -0.4 is 4.74 Å². The van der Waals surface area contributed by atoms with Crippen molar-refractivity contribution < 1.29 is 9.13 Å². The molecule has 0 unspecified atom stereocenters. The standard InChI is InChI=1S/C12H7ClFN3O/c13-11-4-12(17-7-16-11)18-6-9-2-1-8(5-15)3-10(9)14/h1-4,7H,6H2. The van der Waals surface area contributed by atoms with E-state index >= 15 is 0 Å². The second-order valence-corrected chi connectivity index (χ2v) is 3.77. The lowest BCUT2D eigenvalue weighted by molar-refractivity contribution is 0.287. The van der Waals surface area contributed by atoms with Crippen molar-refractivity contribution in [2.45, 2.75) is 6.61 Å². The van der Waals surface area contributed by atoms with Crippen molar-refractivity contribution in [3.63, 3.8) is 0 Å². The normalized spacial score (nSPS) is 9.83. The van der Waals surface area contributed by atoms with Gasteiger partial charge in [-0.15, -0.1) is 0 Å². The van der Waals surface area contributed by atoms with Gasteiger partial charge in [-0.25, -0.2) is 14.4 Å². The summed E-state index contributed by atoms with van der Waals surface area (Å²) in [7, 11) is 0. The molecule has 0 radical (unpaired) electrons. The van der Waals surface area contributed by atoms with Gasteiger partial charge < -0.3 is 4.74 Å². The average Bonchev–Trinajstić information content (AvgIpc) is 2.37. The first-order valence-corrected chi connectivity index (χ1v) is 5.35. The van der Waals surface area contributed by atoms with Gasteiger partial charge in [0, 0.05) is 11.6 Å². The lowest BCUT2D eigenvalue weighted by atomic mass is 10.1. The summed E-state index contributed by atoms with van der Waals surface area (Å²) >= 11 is 5.66. The Morgan fingerprint density at radius 3 is 2.83 bits per heavy atom. The molecule has 0 bridgehead atoms. The number of ether oxygens (including phenoxy) is 1. The molecule has 1 heterocycles. The van der Waals surface area contributed by atoms with E-state index in [0.29, 0.717) is 5.56 Å². The molecular weight excluding hydrogens is 257 g/mol. The average molecular weight is 264 g/mol.